The first-order valence-electron chi connectivity index (χ1n) is 5.88. The number of nitrogens with one attached hydrogen (secondary N) is 1. The molecular formula is C12H18N2O2S2. The molecule has 0 saturated heterocycles. The third-order valence-electron chi connectivity index (χ3n) is 3.13. The fourth-order valence-electron chi connectivity index (χ4n) is 2.15. The highest BCUT2D eigenvalue weighted by Crippen LogP contribution is 2.38. The first kappa shape index (κ1) is 13.9. The summed E-state index contributed by atoms with van der Waals surface area (Å²) >= 11 is 1.78. The van der Waals surface area contributed by atoms with Gasteiger partial charge in [0.15, 0.2) is 0 Å². The van der Waals surface area contributed by atoms with Gasteiger partial charge in [0.2, 0.25) is 0 Å². The van der Waals surface area contributed by atoms with E-state index in [1.165, 1.54) is 16.7 Å². The van der Waals surface area contributed by atoms with Crippen LogP contribution in [-0.2, 0) is 16.3 Å². The molecule has 3 N–H and O–H groups in total. The summed E-state index contributed by atoms with van der Waals surface area (Å²) in [4.78, 5) is 1.28. The van der Waals surface area contributed by atoms with Gasteiger partial charge in [0.05, 0.1) is 5.75 Å². The van der Waals surface area contributed by atoms with Gasteiger partial charge in [-0.25, -0.2) is 8.42 Å². The average molecular weight is 286 g/mol. The van der Waals surface area contributed by atoms with Gasteiger partial charge in [0.1, 0.15) is 9.84 Å². The second kappa shape index (κ2) is 5.61. The molecule has 1 heterocycles. The van der Waals surface area contributed by atoms with Crippen molar-refractivity contribution in [2.45, 2.75) is 29.0 Å². The van der Waals surface area contributed by atoms with Crippen LogP contribution in [0.2, 0.25) is 0 Å². The largest absolute Gasteiger partial charge is 0.271 e. The molecule has 18 heavy (non-hydrogen) atoms. The molecule has 0 amide bonds. The van der Waals surface area contributed by atoms with Crippen molar-refractivity contribution in [1.29, 1.82) is 0 Å². The van der Waals surface area contributed by atoms with Gasteiger partial charge >= 0.3 is 0 Å². The molecule has 0 bridgehead atoms. The zero-order valence-corrected chi connectivity index (χ0v) is 11.9. The molecule has 0 fully saturated rings. The second-order valence-corrected chi connectivity index (χ2v) is 8.20. The van der Waals surface area contributed by atoms with Crippen molar-refractivity contribution in [3.05, 3.63) is 29.8 Å². The lowest BCUT2D eigenvalue weighted by molar-refractivity contribution is 0.493. The predicted octanol–water partition coefficient (Wildman–Crippen LogP) is 0.970. The summed E-state index contributed by atoms with van der Waals surface area (Å²) in [7, 11) is -2.93. The minimum absolute atomic E-state index is 0.0251. The summed E-state index contributed by atoms with van der Waals surface area (Å²) in [6, 6.07) is 8.30. The van der Waals surface area contributed by atoms with Gasteiger partial charge in [-0.15, -0.1) is 11.8 Å². The summed E-state index contributed by atoms with van der Waals surface area (Å²) < 4.78 is 22.4. The molecule has 1 aromatic rings. The molecule has 0 radical (unpaired) electrons. The van der Waals surface area contributed by atoms with Crippen LogP contribution in [0.4, 0.5) is 0 Å². The van der Waals surface area contributed by atoms with E-state index in [2.05, 4.69) is 17.6 Å². The number of fused-ring (bicyclic) bond motifs is 1. The van der Waals surface area contributed by atoms with E-state index in [0.717, 1.165) is 6.42 Å². The number of sulfone groups is 1. The lowest BCUT2D eigenvalue weighted by Gasteiger charge is -2.21. The summed E-state index contributed by atoms with van der Waals surface area (Å²) in [6.45, 7) is 0. The molecule has 0 saturated carbocycles. The summed E-state index contributed by atoms with van der Waals surface area (Å²) in [5.41, 5.74) is 4.09. The number of hydrogen-bond donors (Lipinski definition) is 2. The molecule has 1 aromatic carbocycles. The molecule has 0 spiro atoms. The van der Waals surface area contributed by atoms with Crippen LogP contribution < -0.4 is 11.3 Å². The van der Waals surface area contributed by atoms with E-state index >= 15 is 0 Å². The van der Waals surface area contributed by atoms with Gasteiger partial charge in [-0.3, -0.25) is 11.3 Å². The molecule has 2 unspecified atom stereocenters. The maximum atomic E-state index is 11.2. The van der Waals surface area contributed by atoms with Crippen molar-refractivity contribution in [3.63, 3.8) is 0 Å². The normalized spacial score (nSPS) is 20.7. The van der Waals surface area contributed by atoms with E-state index < -0.39 is 9.84 Å². The van der Waals surface area contributed by atoms with Crippen molar-refractivity contribution >= 4 is 21.6 Å². The van der Waals surface area contributed by atoms with Crippen LogP contribution in [0.1, 0.15) is 12.0 Å². The molecule has 2 rings (SSSR count). The van der Waals surface area contributed by atoms with E-state index in [1.807, 2.05) is 12.1 Å². The molecule has 0 aromatic heterocycles. The summed E-state index contributed by atoms with van der Waals surface area (Å²) in [5.74, 6) is 5.73. The van der Waals surface area contributed by atoms with Crippen LogP contribution in [0, 0.1) is 0 Å². The van der Waals surface area contributed by atoms with Gasteiger partial charge in [-0.2, -0.15) is 0 Å². The lowest BCUT2D eigenvalue weighted by atomic mass is 10.0. The molecule has 1 aliphatic heterocycles. The van der Waals surface area contributed by atoms with Gasteiger partial charge in [0, 0.05) is 22.4 Å². The SMILES string of the molecule is CS(=O)(=O)CCC(NN)C1Cc2ccccc2S1. The number of benzene rings is 1. The van der Waals surface area contributed by atoms with E-state index in [4.69, 9.17) is 5.84 Å². The molecule has 1 aliphatic rings. The van der Waals surface area contributed by atoms with Crippen LogP contribution >= 0.6 is 11.8 Å². The topological polar surface area (TPSA) is 72.2 Å². The standard InChI is InChI=1S/C12H18N2O2S2/c1-18(15,16)7-6-10(14-13)12-8-9-4-2-3-5-11(9)17-12/h2-5,10,12,14H,6-8,13H2,1H3. The van der Waals surface area contributed by atoms with E-state index in [9.17, 15) is 8.42 Å². The van der Waals surface area contributed by atoms with Crippen molar-refractivity contribution in [1.82, 2.24) is 5.43 Å². The Morgan fingerprint density at radius 2 is 2.22 bits per heavy atom. The third kappa shape index (κ3) is 3.47. The van der Waals surface area contributed by atoms with Crippen LogP contribution in [0.25, 0.3) is 0 Å². The highest BCUT2D eigenvalue weighted by molar-refractivity contribution is 8.00. The average Bonchev–Trinajstić information content (AvgIpc) is 2.71. The molecule has 100 valence electrons. The lowest BCUT2D eigenvalue weighted by Crippen LogP contribution is -2.43. The fourth-order valence-corrected chi connectivity index (χ4v) is 4.26. The Bertz CT molecular complexity index is 492. The smallest absolute Gasteiger partial charge is 0.147 e. The second-order valence-electron chi connectivity index (χ2n) is 4.66. The number of nitrogens with two attached hydrogens (primary N) is 1. The van der Waals surface area contributed by atoms with Crippen LogP contribution in [0.3, 0.4) is 0 Å². The van der Waals surface area contributed by atoms with Crippen molar-refractivity contribution in [2.24, 2.45) is 5.84 Å². The molecule has 2 atom stereocenters. The zero-order valence-electron chi connectivity index (χ0n) is 10.3. The van der Waals surface area contributed by atoms with Crippen molar-refractivity contribution < 1.29 is 8.42 Å². The van der Waals surface area contributed by atoms with Crippen LogP contribution in [0.5, 0.6) is 0 Å². The minimum Gasteiger partial charge on any atom is -0.271 e. The molecular weight excluding hydrogens is 268 g/mol. The Kier molecular flexibility index (Phi) is 4.32. The Hall–Kier alpha value is -0.560. The fraction of sp³-hybridized carbons (Fsp3) is 0.500. The van der Waals surface area contributed by atoms with Crippen LogP contribution in [-0.4, -0.2) is 31.7 Å². The van der Waals surface area contributed by atoms with Gasteiger partial charge in [-0.1, -0.05) is 18.2 Å². The van der Waals surface area contributed by atoms with Gasteiger partial charge in [0.25, 0.3) is 0 Å². The maximum absolute atomic E-state index is 11.2. The maximum Gasteiger partial charge on any atom is 0.147 e. The number of rotatable bonds is 5. The minimum atomic E-state index is -2.93. The van der Waals surface area contributed by atoms with Crippen molar-refractivity contribution in [3.8, 4) is 0 Å². The molecule has 4 nitrogen and oxygen atoms in total. The van der Waals surface area contributed by atoms with E-state index in [1.54, 1.807) is 11.8 Å². The highest BCUT2D eigenvalue weighted by atomic mass is 32.2. The summed E-state index contributed by atoms with van der Waals surface area (Å²) in [6.07, 6.45) is 2.76. The monoisotopic (exact) mass is 286 g/mol. The molecule has 6 heteroatoms. The van der Waals surface area contributed by atoms with E-state index in [0.29, 0.717) is 11.7 Å². The van der Waals surface area contributed by atoms with Gasteiger partial charge in [-0.05, 0) is 24.5 Å². The Morgan fingerprint density at radius 1 is 1.50 bits per heavy atom. The van der Waals surface area contributed by atoms with Crippen LogP contribution in [0.15, 0.2) is 29.2 Å². The van der Waals surface area contributed by atoms with E-state index in [-0.39, 0.29) is 11.8 Å². The first-order chi connectivity index (χ1) is 8.49. The highest BCUT2D eigenvalue weighted by Gasteiger charge is 2.29. The Balaban J connectivity index is 2.00. The first-order valence-corrected chi connectivity index (χ1v) is 8.82. The number of hydrazine groups is 1. The third-order valence-corrected chi connectivity index (χ3v) is 5.56. The van der Waals surface area contributed by atoms with Crippen molar-refractivity contribution in [2.75, 3.05) is 12.0 Å². The quantitative estimate of drug-likeness (QED) is 0.623. The summed E-state index contributed by atoms with van der Waals surface area (Å²) in [5, 5.41) is 0.314. The van der Waals surface area contributed by atoms with Gasteiger partial charge < -0.3 is 0 Å². The zero-order chi connectivity index (χ0) is 13.2. The molecule has 0 aliphatic carbocycles. The number of thioether (sulfide) groups is 1. The predicted molar refractivity (Wildman–Crippen MR) is 75.2 cm³/mol. The number of hydrogen-bond acceptors (Lipinski definition) is 5. The Morgan fingerprint density at radius 3 is 2.83 bits per heavy atom. The Labute approximate surface area is 112 Å².